The van der Waals surface area contributed by atoms with Crippen molar-refractivity contribution in [2.24, 2.45) is 5.41 Å². The van der Waals surface area contributed by atoms with E-state index < -0.39 is 0 Å². The van der Waals surface area contributed by atoms with Gasteiger partial charge in [-0.15, -0.1) is 11.8 Å². The Morgan fingerprint density at radius 2 is 2.39 bits per heavy atom. The number of hydrogen-bond acceptors (Lipinski definition) is 5. The van der Waals surface area contributed by atoms with Gasteiger partial charge in [0.25, 0.3) is 0 Å². The number of rotatable bonds is 6. The van der Waals surface area contributed by atoms with E-state index in [1.165, 1.54) is 7.11 Å². The van der Waals surface area contributed by atoms with Gasteiger partial charge in [-0.3, -0.25) is 9.59 Å². The van der Waals surface area contributed by atoms with E-state index in [1.54, 1.807) is 30.1 Å². The lowest BCUT2D eigenvalue weighted by atomic mass is 10.1. The lowest BCUT2D eigenvalue weighted by Crippen LogP contribution is -2.13. The van der Waals surface area contributed by atoms with Crippen molar-refractivity contribution in [1.82, 2.24) is 4.98 Å². The van der Waals surface area contributed by atoms with Crippen LogP contribution in [0, 0.1) is 5.41 Å². The Balaban J connectivity index is 1.95. The van der Waals surface area contributed by atoms with Crippen molar-refractivity contribution >= 4 is 24.0 Å². The highest BCUT2D eigenvalue weighted by molar-refractivity contribution is 7.99. The smallest absolute Gasteiger partial charge is 0.306 e. The monoisotopic (exact) mass is 265 g/mol. The van der Waals surface area contributed by atoms with E-state index in [4.69, 9.17) is 4.74 Å². The fourth-order valence-corrected chi connectivity index (χ4v) is 3.01. The third-order valence-corrected chi connectivity index (χ3v) is 4.52. The van der Waals surface area contributed by atoms with Crippen LogP contribution < -0.4 is 0 Å². The number of thioether (sulfide) groups is 1. The van der Waals surface area contributed by atoms with E-state index in [1.807, 2.05) is 0 Å². The Kier molecular flexibility index (Phi) is 4.01. The molecule has 0 aliphatic heterocycles. The molecule has 0 unspecified atom stereocenters. The summed E-state index contributed by atoms with van der Waals surface area (Å²) in [5.74, 6) is 0.643. The molecule has 1 fully saturated rings. The summed E-state index contributed by atoms with van der Waals surface area (Å²) in [5, 5.41) is 0.739. The van der Waals surface area contributed by atoms with Crippen LogP contribution in [0.3, 0.4) is 0 Å². The average Bonchev–Trinajstić information content (AvgIpc) is 3.16. The molecule has 1 aromatic heterocycles. The Labute approximate surface area is 110 Å². The van der Waals surface area contributed by atoms with Crippen molar-refractivity contribution in [3.05, 3.63) is 23.9 Å². The summed E-state index contributed by atoms with van der Waals surface area (Å²) >= 11 is 1.54. The van der Waals surface area contributed by atoms with Crippen molar-refractivity contribution in [3.63, 3.8) is 0 Å². The number of hydrogen-bond donors (Lipinski definition) is 0. The molecule has 0 radical (unpaired) electrons. The summed E-state index contributed by atoms with van der Waals surface area (Å²) in [5.41, 5.74) is 0.659. The standard InChI is InChI=1S/C13H15NO3S/c1-17-11(16)7-13(4-5-13)9-18-12-10(8-15)3-2-6-14-12/h2-3,6,8H,4-5,7,9H2,1H3. The highest BCUT2D eigenvalue weighted by Gasteiger charge is 2.44. The molecule has 1 aliphatic carbocycles. The van der Waals surface area contributed by atoms with Gasteiger partial charge in [0.1, 0.15) is 5.03 Å². The number of aldehydes is 1. The maximum atomic E-state index is 11.3. The normalized spacial score (nSPS) is 16.1. The quantitative estimate of drug-likeness (QED) is 0.449. The van der Waals surface area contributed by atoms with Gasteiger partial charge in [0.2, 0.25) is 0 Å². The van der Waals surface area contributed by atoms with Gasteiger partial charge < -0.3 is 4.74 Å². The fourth-order valence-electron chi connectivity index (χ4n) is 1.76. The lowest BCUT2D eigenvalue weighted by Gasteiger charge is -2.13. The first-order chi connectivity index (χ1) is 8.69. The Hall–Kier alpha value is -1.36. The number of nitrogens with zero attached hydrogens (tertiary/aromatic N) is 1. The minimum Gasteiger partial charge on any atom is -0.469 e. The van der Waals surface area contributed by atoms with Crippen LogP contribution in [0.4, 0.5) is 0 Å². The van der Waals surface area contributed by atoms with Gasteiger partial charge in [-0.05, 0) is 30.4 Å². The van der Waals surface area contributed by atoms with Gasteiger partial charge in [-0.25, -0.2) is 4.98 Å². The molecular weight excluding hydrogens is 250 g/mol. The number of methoxy groups -OCH3 is 1. The summed E-state index contributed by atoms with van der Waals surface area (Å²) in [4.78, 5) is 26.4. The molecule has 2 rings (SSSR count). The summed E-state index contributed by atoms with van der Waals surface area (Å²) in [6.07, 6.45) is 5.03. The van der Waals surface area contributed by atoms with E-state index in [2.05, 4.69) is 4.98 Å². The van der Waals surface area contributed by atoms with Crippen molar-refractivity contribution < 1.29 is 14.3 Å². The second-order valence-electron chi connectivity index (χ2n) is 4.56. The first kappa shape index (κ1) is 13.1. The summed E-state index contributed by atoms with van der Waals surface area (Å²) in [6.45, 7) is 0. The van der Waals surface area contributed by atoms with Gasteiger partial charge in [0.15, 0.2) is 6.29 Å². The molecule has 0 bridgehead atoms. The zero-order chi connectivity index (χ0) is 13.0. The third kappa shape index (κ3) is 3.10. The molecule has 1 aliphatic rings. The maximum absolute atomic E-state index is 11.3. The molecule has 5 heteroatoms. The van der Waals surface area contributed by atoms with Crippen molar-refractivity contribution in [2.75, 3.05) is 12.9 Å². The minimum absolute atomic E-state index is 0.0510. The molecule has 0 atom stereocenters. The lowest BCUT2D eigenvalue weighted by molar-refractivity contribution is -0.141. The fraction of sp³-hybridized carbons (Fsp3) is 0.462. The summed E-state index contributed by atoms with van der Waals surface area (Å²) in [7, 11) is 1.41. The highest BCUT2D eigenvalue weighted by atomic mass is 32.2. The maximum Gasteiger partial charge on any atom is 0.306 e. The second kappa shape index (κ2) is 5.52. The van der Waals surface area contributed by atoms with Crippen LogP contribution in [-0.2, 0) is 9.53 Å². The molecule has 1 saturated carbocycles. The zero-order valence-electron chi connectivity index (χ0n) is 10.2. The average molecular weight is 265 g/mol. The molecule has 96 valence electrons. The number of ether oxygens (including phenoxy) is 1. The Morgan fingerprint density at radius 1 is 1.61 bits per heavy atom. The van der Waals surface area contributed by atoms with E-state index in [0.717, 1.165) is 29.9 Å². The molecular formula is C13H15NO3S. The number of pyridine rings is 1. The van der Waals surface area contributed by atoms with Crippen LogP contribution >= 0.6 is 11.8 Å². The van der Waals surface area contributed by atoms with E-state index in [-0.39, 0.29) is 11.4 Å². The molecule has 0 amide bonds. The molecule has 0 spiro atoms. The Bertz CT molecular complexity index is 457. The molecule has 18 heavy (non-hydrogen) atoms. The van der Waals surface area contributed by atoms with Gasteiger partial charge in [0, 0.05) is 17.5 Å². The predicted molar refractivity (Wildman–Crippen MR) is 68.6 cm³/mol. The van der Waals surface area contributed by atoms with Gasteiger partial charge in [-0.2, -0.15) is 0 Å². The van der Waals surface area contributed by atoms with Crippen LogP contribution in [-0.4, -0.2) is 30.1 Å². The summed E-state index contributed by atoms with van der Waals surface area (Å²) in [6, 6.07) is 3.50. The topological polar surface area (TPSA) is 56.3 Å². The van der Waals surface area contributed by atoms with Crippen molar-refractivity contribution in [2.45, 2.75) is 24.3 Å². The van der Waals surface area contributed by atoms with Crippen LogP contribution in [0.15, 0.2) is 23.4 Å². The van der Waals surface area contributed by atoms with E-state index >= 15 is 0 Å². The van der Waals surface area contributed by atoms with Gasteiger partial charge in [0.05, 0.1) is 13.5 Å². The van der Waals surface area contributed by atoms with E-state index in [9.17, 15) is 9.59 Å². The first-order valence-corrected chi connectivity index (χ1v) is 6.77. The van der Waals surface area contributed by atoms with Gasteiger partial charge >= 0.3 is 5.97 Å². The second-order valence-corrected chi connectivity index (χ2v) is 5.52. The van der Waals surface area contributed by atoms with Crippen LogP contribution in [0.2, 0.25) is 0 Å². The minimum atomic E-state index is -0.162. The van der Waals surface area contributed by atoms with E-state index in [0.29, 0.717) is 12.0 Å². The Morgan fingerprint density at radius 3 is 3.00 bits per heavy atom. The number of aromatic nitrogens is 1. The summed E-state index contributed by atoms with van der Waals surface area (Å²) < 4.78 is 4.70. The molecule has 4 nitrogen and oxygen atoms in total. The van der Waals surface area contributed by atoms with Crippen LogP contribution in [0.25, 0.3) is 0 Å². The SMILES string of the molecule is COC(=O)CC1(CSc2ncccc2C=O)CC1. The van der Waals surface area contributed by atoms with Crippen molar-refractivity contribution in [1.29, 1.82) is 0 Å². The molecule has 0 saturated heterocycles. The van der Waals surface area contributed by atoms with Crippen LogP contribution in [0.5, 0.6) is 0 Å². The molecule has 0 aromatic carbocycles. The predicted octanol–water partition coefficient (Wildman–Crippen LogP) is 2.33. The number of carbonyl (C=O) groups excluding carboxylic acids is 2. The molecule has 0 N–H and O–H groups in total. The zero-order valence-corrected chi connectivity index (χ0v) is 11.0. The molecule has 1 heterocycles. The number of esters is 1. The largest absolute Gasteiger partial charge is 0.469 e. The third-order valence-electron chi connectivity index (χ3n) is 3.15. The van der Waals surface area contributed by atoms with Crippen LogP contribution in [0.1, 0.15) is 29.6 Å². The first-order valence-electron chi connectivity index (χ1n) is 5.79. The van der Waals surface area contributed by atoms with Gasteiger partial charge in [-0.1, -0.05) is 0 Å². The number of carbonyl (C=O) groups is 2. The highest BCUT2D eigenvalue weighted by Crippen LogP contribution is 2.52. The molecule has 1 aromatic rings. The van der Waals surface area contributed by atoms with Crippen molar-refractivity contribution in [3.8, 4) is 0 Å².